The summed E-state index contributed by atoms with van der Waals surface area (Å²) in [6.45, 7) is 0. The zero-order chi connectivity index (χ0) is 20.2. The third-order valence-electron chi connectivity index (χ3n) is 4.33. The fourth-order valence-electron chi connectivity index (χ4n) is 2.77. The van der Waals surface area contributed by atoms with Crippen LogP contribution in [0.2, 0.25) is 5.02 Å². The fraction of sp³-hybridized carbons (Fsp3) is 0.0909. The summed E-state index contributed by atoms with van der Waals surface area (Å²) in [7, 11) is -4.44. The molecule has 3 aromatic rings. The molecular formula is C22H18ClFO3S. The molecule has 144 valence electrons. The van der Waals surface area contributed by atoms with Gasteiger partial charge in [0.15, 0.2) is 5.60 Å². The Bertz CT molecular complexity index is 1050. The van der Waals surface area contributed by atoms with Gasteiger partial charge in [-0.05, 0) is 41.5 Å². The van der Waals surface area contributed by atoms with Crippen LogP contribution in [0.1, 0.15) is 11.1 Å². The highest BCUT2D eigenvalue weighted by atomic mass is 35.5. The summed E-state index contributed by atoms with van der Waals surface area (Å²) in [6, 6.07) is 21.8. The van der Waals surface area contributed by atoms with Gasteiger partial charge in [-0.15, -0.1) is 0 Å². The molecule has 2 atom stereocenters. The average Bonchev–Trinajstić information content (AvgIpc) is 2.74. The lowest BCUT2D eigenvalue weighted by atomic mass is 9.93. The lowest BCUT2D eigenvalue weighted by Crippen LogP contribution is -2.40. The number of hydrogen-bond donors (Lipinski definition) is 1. The van der Waals surface area contributed by atoms with Gasteiger partial charge in [-0.1, -0.05) is 78.3 Å². The lowest BCUT2D eigenvalue weighted by molar-refractivity contribution is 0.0399. The minimum Gasteiger partial charge on any atom is -0.377 e. The summed E-state index contributed by atoms with van der Waals surface area (Å²) >= 11 is 5.86. The molecule has 0 saturated carbocycles. The van der Waals surface area contributed by atoms with Crippen LogP contribution in [-0.4, -0.2) is 19.0 Å². The standard InChI is InChI=1S/C22H18ClFO3S/c23-19-13-11-17(12-14-19)15-16-22(25,18-7-3-1-4-8-18)21(24)28(26,27)20-9-5-2-6-10-20/h1-16,21,25H/b16-15+. The van der Waals surface area contributed by atoms with Gasteiger partial charge in [-0.3, -0.25) is 0 Å². The number of aliphatic hydroxyl groups is 1. The van der Waals surface area contributed by atoms with Gasteiger partial charge in [-0.2, -0.15) is 0 Å². The monoisotopic (exact) mass is 416 g/mol. The predicted octanol–water partition coefficient (Wildman–Crippen LogP) is 5.01. The summed E-state index contributed by atoms with van der Waals surface area (Å²) in [6.07, 6.45) is 2.63. The van der Waals surface area contributed by atoms with Crippen molar-refractivity contribution in [3.8, 4) is 0 Å². The first-order valence-corrected chi connectivity index (χ1v) is 10.4. The predicted molar refractivity (Wildman–Crippen MR) is 109 cm³/mol. The van der Waals surface area contributed by atoms with Crippen molar-refractivity contribution in [2.75, 3.05) is 0 Å². The van der Waals surface area contributed by atoms with Crippen molar-refractivity contribution in [1.82, 2.24) is 0 Å². The van der Waals surface area contributed by atoms with E-state index in [0.717, 1.165) is 6.08 Å². The maximum atomic E-state index is 15.5. The maximum absolute atomic E-state index is 15.5. The Morgan fingerprint density at radius 2 is 1.43 bits per heavy atom. The van der Waals surface area contributed by atoms with E-state index in [9.17, 15) is 13.5 Å². The van der Waals surface area contributed by atoms with E-state index >= 15 is 4.39 Å². The van der Waals surface area contributed by atoms with E-state index in [-0.39, 0.29) is 10.5 Å². The summed E-state index contributed by atoms with van der Waals surface area (Å²) in [4.78, 5) is -0.197. The summed E-state index contributed by atoms with van der Waals surface area (Å²) < 4.78 is 41.1. The first-order valence-electron chi connectivity index (χ1n) is 8.50. The van der Waals surface area contributed by atoms with E-state index in [4.69, 9.17) is 11.6 Å². The van der Waals surface area contributed by atoms with Crippen molar-refractivity contribution in [1.29, 1.82) is 0 Å². The van der Waals surface area contributed by atoms with E-state index in [0.29, 0.717) is 10.6 Å². The van der Waals surface area contributed by atoms with Crippen molar-refractivity contribution < 1.29 is 17.9 Å². The summed E-state index contributed by atoms with van der Waals surface area (Å²) in [5.74, 6) is 0. The molecule has 28 heavy (non-hydrogen) atoms. The second-order valence-corrected chi connectivity index (χ2v) is 8.66. The van der Waals surface area contributed by atoms with Crippen LogP contribution in [0.4, 0.5) is 4.39 Å². The van der Waals surface area contributed by atoms with Gasteiger partial charge in [0.25, 0.3) is 0 Å². The molecule has 6 heteroatoms. The number of hydrogen-bond acceptors (Lipinski definition) is 3. The Morgan fingerprint density at radius 1 is 0.893 bits per heavy atom. The van der Waals surface area contributed by atoms with Crippen molar-refractivity contribution in [3.63, 3.8) is 0 Å². The van der Waals surface area contributed by atoms with E-state index in [1.807, 2.05) is 0 Å². The summed E-state index contributed by atoms with van der Waals surface area (Å²) in [5.41, 5.74) is -4.21. The lowest BCUT2D eigenvalue weighted by Gasteiger charge is -2.29. The molecule has 3 aromatic carbocycles. The third kappa shape index (κ3) is 4.17. The van der Waals surface area contributed by atoms with Gasteiger partial charge >= 0.3 is 0 Å². The molecule has 3 nitrogen and oxygen atoms in total. The van der Waals surface area contributed by atoms with Crippen molar-refractivity contribution >= 4 is 27.5 Å². The minimum atomic E-state index is -4.44. The van der Waals surface area contributed by atoms with Gasteiger partial charge in [0, 0.05) is 5.02 Å². The average molecular weight is 417 g/mol. The first-order chi connectivity index (χ1) is 13.3. The van der Waals surface area contributed by atoms with Gasteiger partial charge in [0.1, 0.15) is 0 Å². The fourth-order valence-corrected chi connectivity index (χ4v) is 4.36. The molecule has 0 saturated heterocycles. The molecular weight excluding hydrogens is 399 g/mol. The molecule has 0 amide bonds. The van der Waals surface area contributed by atoms with Gasteiger partial charge in [-0.25, -0.2) is 12.8 Å². The largest absolute Gasteiger partial charge is 0.377 e. The maximum Gasteiger partial charge on any atom is 0.241 e. The Morgan fingerprint density at radius 3 is 2.00 bits per heavy atom. The van der Waals surface area contributed by atoms with Crippen molar-refractivity contribution in [3.05, 3.63) is 107 Å². The van der Waals surface area contributed by atoms with Crippen LogP contribution < -0.4 is 0 Å². The topological polar surface area (TPSA) is 54.4 Å². The van der Waals surface area contributed by atoms with E-state index in [1.165, 1.54) is 42.5 Å². The number of halogens is 2. The third-order valence-corrected chi connectivity index (χ3v) is 6.41. The zero-order valence-electron chi connectivity index (χ0n) is 14.7. The number of alkyl halides is 1. The molecule has 0 aliphatic rings. The van der Waals surface area contributed by atoms with Gasteiger partial charge < -0.3 is 5.11 Å². The van der Waals surface area contributed by atoms with E-state index < -0.39 is 20.9 Å². The van der Waals surface area contributed by atoms with E-state index in [1.54, 1.807) is 48.5 Å². The molecule has 0 radical (unpaired) electrons. The summed E-state index contributed by atoms with van der Waals surface area (Å²) in [5, 5.41) is 11.7. The van der Waals surface area contributed by atoms with Crippen LogP contribution in [0.25, 0.3) is 6.08 Å². The SMILES string of the molecule is O=S(=O)(c1ccccc1)C(F)C(O)(/C=C/c1ccc(Cl)cc1)c1ccccc1. The Balaban J connectivity index is 2.07. The highest BCUT2D eigenvalue weighted by Gasteiger charge is 2.46. The second-order valence-electron chi connectivity index (χ2n) is 6.25. The molecule has 0 aliphatic heterocycles. The molecule has 0 fully saturated rings. The minimum absolute atomic E-state index is 0.132. The zero-order valence-corrected chi connectivity index (χ0v) is 16.3. The molecule has 0 aliphatic carbocycles. The quantitative estimate of drug-likeness (QED) is 0.614. The molecule has 1 N–H and O–H groups in total. The molecule has 0 bridgehead atoms. The molecule has 0 heterocycles. The van der Waals surface area contributed by atoms with Crippen molar-refractivity contribution in [2.24, 2.45) is 0 Å². The van der Waals surface area contributed by atoms with Crippen LogP contribution in [0.3, 0.4) is 0 Å². The highest BCUT2D eigenvalue weighted by molar-refractivity contribution is 7.92. The first kappa shape index (κ1) is 20.3. The normalized spacial score (nSPS) is 15.2. The van der Waals surface area contributed by atoms with Crippen molar-refractivity contribution in [2.45, 2.75) is 16.0 Å². The Kier molecular flexibility index (Phi) is 5.98. The van der Waals surface area contributed by atoms with E-state index in [2.05, 4.69) is 0 Å². The molecule has 0 spiro atoms. The Labute approximate surface area is 168 Å². The van der Waals surface area contributed by atoms with Crippen LogP contribution in [-0.2, 0) is 15.4 Å². The van der Waals surface area contributed by atoms with Crippen LogP contribution in [0.5, 0.6) is 0 Å². The number of rotatable bonds is 6. The smallest absolute Gasteiger partial charge is 0.241 e. The van der Waals surface area contributed by atoms with Crippen LogP contribution in [0.15, 0.2) is 95.9 Å². The van der Waals surface area contributed by atoms with Crippen LogP contribution in [0, 0.1) is 0 Å². The Hall–Kier alpha value is -2.47. The molecule has 0 aromatic heterocycles. The van der Waals surface area contributed by atoms with Gasteiger partial charge in [0.05, 0.1) is 4.90 Å². The number of benzene rings is 3. The molecule has 3 rings (SSSR count). The van der Waals surface area contributed by atoms with Gasteiger partial charge in [0.2, 0.25) is 15.3 Å². The van der Waals surface area contributed by atoms with Crippen LogP contribution >= 0.6 is 11.6 Å². The number of sulfone groups is 1. The highest BCUT2D eigenvalue weighted by Crippen LogP contribution is 2.35. The second kappa shape index (κ2) is 8.27. The molecule has 2 unspecified atom stereocenters.